The van der Waals surface area contributed by atoms with Crippen molar-refractivity contribution in [3.63, 3.8) is 0 Å². The number of hydrogen-bond donors (Lipinski definition) is 2. The third kappa shape index (κ3) is 3.93. The zero-order chi connectivity index (χ0) is 18.8. The van der Waals surface area contributed by atoms with Gasteiger partial charge in [-0.3, -0.25) is 14.6 Å². The molecule has 1 atom stereocenters. The Morgan fingerprint density at radius 1 is 1.37 bits per heavy atom. The van der Waals surface area contributed by atoms with Crippen molar-refractivity contribution in [2.75, 3.05) is 0 Å². The number of thiophene rings is 1. The number of aryl methyl sites for hydroxylation is 2. The van der Waals surface area contributed by atoms with Crippen LogP contribution in [0.5, 0.6) is 0 Å². The van der Waals surface area contributed by atoms with Gasteiger partial charge in [-0.05, 0) is 48.4 Å². The highest BCUT2D eigenvalue weighted by atomic mass is 32.1. The Morgan fingerprint density at radius 3 is 3.00 bits per heavy atom. The van der Waals surface area contributed by atoms with Crippen LogP contribution in [0.25, 0.3) is 10.2 Å². The second-order valence-corrected chi connectivity index (χ2v) is 8.26. The average molecular weight is 382 g/mol. The maximum Gasteiger partial charge on any atom is 0.259 e. The molecule has 1 aliphatic rings. The van der Waals surface area contributed by atoms with E-state index in [1.165, 1.54) is 10.4 Å². The van der Waals surface area contributed by atoms with Crippen LogP contribution in [-0.4, -0.2) is 20.9 Å². The third-order valence-corrected chi connectivity index (χ3v) is 6.19. The summed E-state index contributed by atoms with van der Waals surface area (Å²) in [5.74, 6) is 1.18. The molecule has 0 spiro atoms. The van der Waals surface area contributed by atoms with Gasteiger partial charge in [0.1, 0.15) is 10.7 Å². The number of hydrogen-bond acceptors (Lipinski definition) is 5. The van der Waals surface area contributed by atoms with Crippen LogP contribution in [0.3, 0.4) is 0 Å². The van der Waals surface area contributed by atoms with Crippen molar-refractivity contribution in [3.05, 3.63) is 56.7 Å². The number of nitrogens with one attached hydrogen (secondary N) is 2. The Hall–Kier alpha value is -2.54. The normalized spacial score (nSPS) is 16.3. The fourth-order valence-corrected chi connectivity index (χ4v) is 4.94. The fourth-order valence-electron chi connectivity index (χ4n) is 3.53. The van der Waals surface area contributed by atoms with E-state index in [4.69, 9.17) is 0 Å². The molecule has 3 heterocycles. The summed E-state index contributed by atoms with van der Waals surface area (Å²) in [6, 6.07) is 3.74. The van der Waals surface area contributed by atoms with Crippen molar-refractivity contribution >= 4 is 27.5 Å². The molecular weight excluding hydrogens is 360 g/mol. The first-order chi connectivity index (χ1) is 13.1. The number of pyridine rings is 1. The first kappa shape index (κ1) is 17.9. The predicted molar refractivity (Wildman–Crippen MR) is 106 cm³/mol. The number of rotatable bonds is 5. The van der Waals surface area contributed by atoms with E-state index in [1.54, 1.807) is 23.7 Å². The average Bonchev–Trinajstić information content (AvgIpc) is 3.03. The molecule has 1 amide bonds. The van der Waals surface area contributed by atoms with Crippen LogP contribution >= 0.6 is 11.3 Å². The van der Waals surface area contributed by atoms with Gasteiger partial charge < -0.3 is 10.3 Å². The van der Waals surface area contributed by atoms with E-state index in [1.807, 2.05) is 12.1 Å². The van der Waals surface area contributed by atoms with E-state index >= 15 is 0 Å². The van der Waals surface area contributed by atoms with Gasteiger partial charge in [0.2, 0.25) is 5.91 Å². The Balaban J connectivity index is 1.43. The maximum absolute atomic E-state index is 12.6. The van der Waals surface area contributed by atoms with Gasteiger partial charge in [0, 0.05) is 36.7 Å². The number of carbonyl (C=O) groups excluding carboxylic acids is 1. The molecule has 1 unspecified atom stereocenters. The second-order valence-electron chi connectivity index (χ2n) is 7.18. The van der Waals surface area contributed by atoms with Crippen LogP contribution in [0.1, 0.15) is 41.6 Å². The number of nitrogens with zero attached hydrogens (tertiary/aromatic N) is 2. The van der Waals surface area contributed by atoms with Crippen LogP contribution in [-0.2, 0) is 30.6 Å². The highest BCUT2D eigenvalue weighted by Crippen LogP contribution is 2.35. The van der Waals surface area contributed by atoms with Crippen molar-refractivity contribution in [2.45, 2.75) is 45.6 Å². The lowest BCUT2D eigenvalue weighted by molar-refractivity contribution is -0.121. The Morgan fingerprint density at radius 2 is 2.19 bits per heavy atom. The molecule has 0 aromatic carbocycles. The summed E-state index contributed by atoms with van der Waals surface area (Å²) in [6.45, 7) is 2.72. The molecule has 7 heteroatoms. The third-order valence-electron chi connectivity index (χ3n) is 5.04. The summed E-state index contributed by atoms with van der Waals surface area (Å²) < 4.78 is 0. The maximum atomic E-state index is 12.6. The number of amides is 1. The highest BCUT2D eigenvalue weighted by molar-refractivity contribution is 7.18. The van der Waals surface area contributed by atoms with Gasteiger partial charge in [0.25, 0.3) is 5.56 Å². The molecule has 0 radical (unpaired) electrons. The summed E-state index contributed by atoms with van der Waals surface area (Å²) in [4.78, 5) is 38.2. The first-order valence-electron chi connectivity index (χ1n) is 9.29. The van der Waals surface area contributed by atoms with Gasteiger partial charge in [-0.2, -0.15) is 0 Å². The molecule has 6 nitrogen and oxygen atoms in total. The SMILES string of the molecule is CC1CCc2c(sc3nc(CCC(=O)NCc4ccncc4)[nH]c(=O)c23)C1. The smallest absolute Gasteiger partial charge is 0.259 e. The van der Waals surface area contributed by atoms with Gasteiger partial charge in [0.15, 0.2) is 0 Å². The van der Waals surface area contributed by atoms with Gasteiger partial charge in [-0.25, -0.2) is 4.98 Å². The summed E-state index contributed by atoms with van der Waals surface area (Å²) in [7, 11) is 0. The van der Waals surface area contributed by atoms with E-state index in [0.717, 1.165) is 35.0 Å². The van der Waals surface area contributed by atoms with Gasteiger partial charge in [-0.1, -0.05) is 6.92 Å². The Bertz CT molecular complexity index is 1030. The van der Waals surface area contributed by atoms with E-state index < -0.39 is 0 Å². The molecule has 0 fully saturated rings. The van der Waals surface area contributed by atoms with Gasteiger partial charge in [0.05, 0.1) is 5.39 Å². The molecule has 1 aliphatic carbocycles. The van der Waals surface area contributed by atoms with Gasteiger partial charge >= 0.3 is 0 Å². The minimum atomic E-state index is -0.0701. The zero-order valence-electron chi connectivity index (χ0n) is 15.2. The number of carbonyl (C=O) groups is 1. The van der Waals surface area contributed by atoms with E-state index in [9.17, 15) is 9.59 Å². The fraction of sp³-hybridized carbons (Fsp3) is 0.400. The van der Waals surface area contributed by atoms with Crippen molar-refractivity contribution in [1.82, 2.24) is 20.3 Å². The molecule has 0 aliphatic heterocycles. The van der Waals surface area contributed by atoms with Crippen molar-refractivity contribution in [1.29, 1.82) is 0 Å². The summed E-state index contributed by atoms with van der Waals surface area (Å²) in [5.41, 5.74) is 2.12. The standard InChI is InChI=1S/C20H22N4O2S/c1-12-2-3-14-15(10-12)27-20-18(14)19(26)23-16(24-20)4-5-17(25)22-11-13-6-8-21-9-7-13/h6-9,12H,2-5,10-11H2,1H3,(H,22,25)(H,23,24,26). The van der Waals surface area contributed by atoms with E-state index in [-0.39, 0.29) is 11.5 Å². The van der Waals surface area contributed by atoms with Crippen LogP contribution in [0.2, 0.25) is 0 Å². The molecule has 0 saturated heterocycles. The van der Waals surface area contributed by atoms with Crippen LogP contribution in [0.15, 0.2) is 29.3 Å². The largest absolute Gasteiger partial charge is 0.352 e. The van der Waals surface area contributed by atoms with E-state index in [0.29, 0.717) is 31.1 Å². The number of H-pyrrole nitrogens is 1. The summed E-state index contributed by atoms with van der Waals surface area (Å²) in [6.07, 6.45) is 7.23. The molecule has 27 heavy (non-hydrogen) atoms. The van der Waals surface area contributed by atoms with Crippen LogP contribution < -0.4 is 10.9 Å². The molecule has 3 aromatic heterocycles. The Labute approximate surface area is 161 Å². The number of fused-ring (bicyclic) bond motifs is 3. The van der Waals surface area contributed by atoms with Crippen LogP contribution in [0, 0.1) is 5.92 Å². The quantitative estimate of drug-likeness (QED) is 0.710. The molecule has 0 saturated carbocycles. The molecule has 4 rings (SSSR count). The summed E-state index contributed by atoms with van der Waals surface area (Å²) in [5, 5.41) is 3.64. The number of aromatic amines is 1. The second kappa shape index (κ2) is 7.60. The highest BCUT2D eigenvalue weighted by Gasteiger charge is 2.23. The van der Waals surface area contributed by atoms with Gasteiger partial charge in [-0.15, -0.1) is 11.3 Å². The van der Waals surface area contributed by atoms with Crippen molar-refractivity contribution < 1.29 is 4.79 Å². The monoisotopic (exact) mass is 382 g/mol. The minimum Gasteiger partial charge on any atom is -0.352 e. The minimum absolute atomic E-state index is 0.0612. The number of aromatic nitrogens is 3. The lowest BCUT2D eigenvalue weighted by atomic mass is 9.89. The molecule has 3 aromatic rings. The van der Waals surface area contributed by atoms with Crippen LogP contribution in [0.4, 0.5) is 0 Å². The van der Waals surface area contributed by atoms with Crippen molar-refractivity contribution in [2.24, 2.45) is 5.92 Å². The molecule has 0 bridgehead atoms. The lowest BCUT2D eigenvalue weighted by Crippen LogP contribution is -2.23. The zero-order valence-corrected chi connectivity index (χ0v) is 16.1. The Kier molecular flexibility index (Phi) is 5.03. The topological polar surface area (TPSA) is 87.7 Å². The van der Waals surface area contributed by atoms with E-state index in [2.05, 4.69) is 27.2 Å². The molecule has 140 valence electrons. The van der Waals surface area contributed by atoms with Crippen molar-refractivity contribution in [3.8, 4) is 0 Å². The molecular formula is C20H22N4O2S. The molecule has 2 N–H and O–H groups in total. The lowest BCUT2D eigenvalue weighted by Gasteiger charge is -2.17. The predicted octanol–water partition coefficient (Wildman–Crippen LogP) is 2.75. The first-order valence-corrected chi connectivity index (χ1v) is 10.1. The summed E-state index contributed by atoms with van der Waals surface area (Å²) >= 11 is 1.64.